The van der Waals surface area contributed by atoms with E-state index in [0.717, 1.165) is 11.8 Å². The van der Waals surface area contributed by atoms with E-state index in [1.54, 1.807) is 11.3 Å². The first kappa shape index (κ1) is 20.0. The molecular weight excluding hydrogens is 315 g/mol. The van der Waals surface area contributed by atoms with E-state index < -0.39 is 0 Å². The molecule has 136 valence electrons. The Hall–Kier alpha value is -0.315. The van der Waals surface area contributed by atoms with Gasteiger partial charge in [0.15, 0.2) is 0 Å². The SMILES string of the molecule is CC(C)CCC[C@H](C)CCc1csc(B2OC(C)(C)C(C)(C)O2)c1. The maximum atomic E-state index is 6.15. The summed E-state index contributed by atoms with van der Waals surface area (Å²) >= 11 is 1.77. The summed E-state index contributed by atoms with van der Waals surface area (Å²) in [6.07, 6.45) is 6.51. The minimum atomic E-state index is -0.257. The molecule has 0 spiro atoms. The van der Waals surface area contributed by atoms with E-state index in [0.29, 0.717) is 0 Å². The first-order valence-electron chi connectivity index (χ1n) is 9.53. The molecule has 1 aliphatic heterocycles. The van der Waals surface area contributed by atoms with E-state index in [9.17, 15) is 0 Å². The number of thiophene rings is 1. The van der Waals surface area contributed by atoms with Crippen LogP contribution in [0.4, 0.5) is 0 Å². The molecule has 2 heterocycles. The largest absolute Gasteiger partial charge is 0.505 e. The summed E-state index contributed by atoms with van der Waals surface area (Å²) in [6, 6.07) is 2.29. The second kappa shape index (κ2) is 7.93. The quantitative estimate of drug-likeness (QED) is 0.581. The lowest BCUT2D eigenvalue weighted by Gasteiger charge is -2.32. The fourth-order valence-corrected chi connectivity index (χ4v) is 3.94. The second-order valence-electron chi connectivity index (χ2n) is 8.91. The molecule has 0 N–H and O–H groups in total. The van der Waals surface area contributed by atoms with Gasteiger partial charge in [0.25, 0.3) is 0 Å². The standard InChI is InChI=1S/C20H35BO2S/c1-15(2)9-8-10-16(3)11-12-17-13-18(24-14-17)21-22-19(4,5)20(6,7)23-21/h13-16H,8-12H2,1-7H3/t16-/m0/s1. The Morgan fingerprint density at radius 3 is 2.21 bits per heavy atom. The van der Waals surface area contributed by atoms with Crippen LogP contribution in [0.2, 0.25) is 0 Å². The van der Waals surface area contributed by atoms with Crippen LogP contribution >= 0.6 is 11.3 Å². The molecule has 0 amide bonds. The number of aryl methyl sites for hydroxylation is 1. The smallest absolute Gasteiger partial charge is 0.399 e. The van der Waals surface area contributed by atoms with Gasteiger partial charge in [0, 0.05) is 4.78 Å². The summed E-state index contributed by atoms with van der Waals surface area (Å²) in [5, 5.41) is 2.28. The van der Waals surface area contributed by atoms with Gasteiger partial charge in [-0.1, -0.05) is 40.0 Å². The van der Waals surface area contributed by atoms with Crippen LogP contribution in [0.15, 0.2) is 11.4 Å². The third-order valence-corrected chi connectivity index (χ3v) is 6.57. The fourth-order valence-electron chi connectivity index (χ4n) is 3.04. The predicted octanol–water partition coefficient (Wildman–Crippen LogP) is 5.44. The molecule has 4 heteroatoms. The Bertz CT molecular complexity index is 505. The van der Waals surface area contributed by atoms with Crippen molar-refractivity contribution in [3.8, 4) is 0 Å². The van der Waals surface area contributed by atoms with Crippen LogP contribution in [0.1, 0.15) is 79.7 Å². The minimum absolute atomic E-state index is 0.211. The molecular formula is C20H35BO2S. The average Bonchev–Trinajstić information content (AvgIpc) is 2.99. The molecule has 0 radical (unpaired) electrons. The Labute approximate surface area is 153 Å². The molecule has 0 saturated carbocycles. The lowest BCUT2D eigenvalue weighted by Crippen LogP contribution is -2.41. The van der Waals surface area contributed by atoms with Gasteiger partial charge in [-0.25, -0.2) is 0 Å². The highest BCUT2D eigenvalue weighted by Crippen LogP contribution is 2.37. The van der Waals surface area contributed by atoms with Crippen molar-refractivity contribution in [2.24, 2.45) is 11.8 Å². The van der Waals surface area contributed by atoms with Crippen molar-refractivity contribution >= 4 is 23.2 Å². The van der Waals surface area contributed by atoms with E-state index in [1.807, 2.05) is 0 Å². The van der Waals surface area contributed by atoms with Crippen molar-refractivity contribution in [3.05, 3.63) is 17.0 Å². The lowest BCUT2D eigenvalue weighted by atomic mass is 9.87. The summed E-state index contributed by atoms with van der Waals surface area (Å²) in [6.45, 7) is 15.5. The zero-order valence-corrected chi connectivity index (χ0v) is 17.5. The first-order valence-corrected chi connectivity index (χ1v) is 10.4. The normalized spacial score (nSPS) is 20.8. The number of rotatable bonds is 8. The van der Waals surface area contributed by atoms with Crippen molar-refractivity contribution in [2.45, 2.75) is 91.8 Å². The lowest BCUT2D eigenvalue weighted by molar-refractivity contribution is 0.00578. The number of hydrogen-bond acceptors (Lipinski definition) is 3. The molecule has 1 aliphatic rings. The van der Waals surface area contributed by atoms with Crippen LogP contribution in [-0.4, -0.2) is 18.3 Å². The van der Waals surface area contributed by atoms with Gasteiger partial charge in [0.1, 0.15) is 0 Å². The molecule has 0 bridgehead atoms. The van der Waals surface area contributed by atoms with Gasteiger partial charge in [-0.2, -0.15) is 11.3 Å². The van der Waals surface area contributed by atoms with Crippen LogP contribution in [0.5, 0.6) is 0 Å². The molecule has 0 unspecified atom stereocenters. The molecule has 2 rings (SSSR count). The Morgan fingerprint density at radius 1 is 1.00 bits per heavy atom. The summed E-state index contributed by atoms with van der Waals surface area (Å²) in [7, 11) is -0.211. The third kappa shape index (κ3) is 5.09. The average molecular weight is 350 g/mol. The topological polar surface area (TPSA) is 18.5 Å². The van der Waals surface area contributed by atoms with Crippen molar-refractivity contribution in [3.63, 3.8) is 0 Å². The van der Waals surface area contributed by atoms with Crippen LogP contribution < -0.4 is 4.78 Å². The van der Waals surface area contributed by atoms with E-state index >= 15 is 0 Å². The molecule has 0 aromatic carbocycles. The van der Waals surface area contributed by atoms with Gasteiger partial charge >= 0.3 is 7.12 Å². The van der Waals surface area contributed by atoms with Crippen molar-refractivity contribution in [1.82, 2.24) is 0 Å². The van der Waals surface area contributed by atoms with Crippen molar-refractivity contribution in [2.75, 3.05) is 0 Å². The van der Waals surface area contributed by atoms with Crippen LogP contribution in [0.25, 0.3) is 0 Å². The zero-order chi connectivity index (χ0) is 18.0. The molecule has 1 saturated heterocycles. The highest BCUT2D eigenvalue weighted by molar-refractivity contribution is 7.20. The van der Waals surface area contributed by atoms with Crippen LogP contribution in [0, 0.1) is 11.8 Å². The molecule has 1 aromatic rings. The zero-order valence-electron chi connectivity index (χ0n) is 16.6. The molecule has 1 atom stereocenters. The van der Waals surface area contributed by atoms with Crippen LogP contribution in [-0.2, 0) is 15.7 Å². The first-order chi connectivity index (χ1) is 11.1. The van der Waals surface area contributed by atoms with Crippen molar-refractivity contribution in [1.29, 1.82) is 0 Å². The Kier molecular flexibility index (Phi) is 6.61. The van der Waals surface area contributed by atoms with Gasteiger partial charge < -0.3 is 9.31 Å². The van der Waals surface area contributed by atoms with Crippen LogP contribution in [0.3, 0.4) is 0 Å². The van der Waals surface area contributed by atoms with E-state index in [2.05, 4.69) is 59.9 Å². The van der Waals surface area contributed by atoms with E-state index in [4.69, 9.17) is 9.31 Å². The monoisotopic (exact) mass is 350 g/mol. The summed E-state index contributed by atoms with van der Waals surface area (Å²) in [4.78, 5) is 0. The summed E-state index contributed by atoms with van der Waals surface area (Å²) < 4.78 is 13.5. The van der Waals surface area contributed by atoms with Gasteiger partial charge in [0.05, 0.1) is 11.2 Å². The fraction of sp³-hybridized carbons (Fsp3) is 0.800. The highest BCUT2D eigenvalue weighted by Gasteiger charge is 2.52. The third-order valence-electron chi connectivity index (χ3n) is 5.56. The summed E-state index contributed by atoms with van der Waals surface area (Å²) in [5.74, 6) is 1.64. The van der Waals surface area contributed by atoms with Gasteiger partial charge in [-0.05, 0) is 69.4 Å². The molecule has 0 aliphatic carbocycles. The summed E-state index contributed by atoms with van der Waals surface area (Å²) in [5.41, 5.74) is 0.917. The Morgan fingerprint density at radius 2 is 1.62 bits per heavy atom. The maximum absolute atomic E-state index is 6.15. The van der Waals surface area contributed by atoms with Gasteiger partial charge in [-0.15, -0.1) is 0 Å². The van der Waals surface area contributed by atoms with Gasteiger partial charge in [0.2, 0.25) is 0 Å². The second-order valence-corrected chi connectivity index (χ2v) is 9.86. The Balaban J connectivity index is 1.82. The molecule has 24 heavy (non-hydrogen) atoms. The molecule has 1 fully saturated rings. The minimum Gasteiger partial charge on any atom is -0.399 e. The highest BCUT2D eigenvalue weighted by atomic mass is 32.1. The van der Waals surface area contributed by atoms with Crippen molar-refractivity contribution < 1.29 is 9.31 Å². The maximum Gasteiger partial charge on any atom is 0.505 e. The molecule has 2 nitrogen and oxygen atoms in total. The number of hydrogen-bond donors (Lipinski definition) is 0. The predicted molar refractivity (Wildman–Crippen MR) is 106 cm³/mol. The van der Waals surface area contributed by atoms with E-state index in [1.165, 1.54) is 42.4 Å². The van der Waals surface area contributed by atoms with Gasteiger partial charge in [-0.3, -0.25) is 0 Å². The molecule has 1 aromatic heterocycles. The van der Waals surface area contributed by atoms with E-state index in [-0.39, 0.29) is 18.3 Å².